The van der Waals surface area contributed by atoms with Crippen LogP contribution in [-0.2, 0) is 4.74 Å². The lowest BCUT2D eigenvalue weighted by molar-refractivity contribution is 0.0288. The molecule has 2 heterocycles. The summed E-state index contributed by atoms with van der Waals surface area (Å²) < 4.78 is 5.42. The number of ether oxygens (including phenoxy) is 1. The van der Waals surface area contributed by atoms with E-state index in [-0.39, 0.29) is 17.9 Å². The molecule has 1 aliphatic rings. The SMILES string of the molecule is Cc1nc(-c2ccc(Cl)cc2)sc1C(=O)NCC1CCN(C(=O)OC(C)(C)C)C1. The number of nitrogens with zero attached hydrogens (tertiary/aromatic N) is 2. The van der Waals surface area contributed by atoms with Gasteiger partial charge in [0.25, 0.3) is 5.91 Å². The Labute approximate surface area is 180 Å². The number of likely N-dealkylation sites (tertiary alicyclic amines) is 1. The van der Waals surface area contributed by atoms with E-state index in [9.17, 15) is 9.59 Å². The van der Waals surface area contributed by atoms with Crippen molar-refractivity contribution in [2.45, 2.75) is 39.7 Å². The van der Waals surface area contributed by atoms with Gasteiger partial charge in [0.05, 0.1) is 5.69 Å². The van der Waals surface area contributed by atoms with Crippen molar-refractivity contribution in [3.05, 3.63) is 39.9 Å². The fourth-order valence-electron chi connectivity index (χ4n) is 3.13. The molecule has 0 radical (unpaired) electrons. The molecule has 1 aromatic carbocycles. The Morgan fingerprint density at radius 3 is 2.66 bits per heavy atom. The maximum absolute atomic E-state index is 12.7. The van der Waals surface area contributed by atoms with Crippen LogP contribution in [0.4, 0.5) is 4.79 Å². The third-order valence-electron chi connectivity index (χ3n) is 4.58. The smallest absolute Gasteiger partial charge is 0.410 e. The van der Waals surface area contributed by atoms with Crippen LogP contribution in [0.25, 0.3) is 10.6 Å². The second-order valence-corrected chi connectivity index (χ2v) is 9.67. The summed E-state index contributed by atoms with van der Waals surface area (Å²) in [4.78, 5) is 31.7. The first-order valence-corrected chi connectivity index (χ1v) is 10.8. The van der Waals surface area contributed by atoms with Gasteiger partial charge in [-0.05, 0) is 52.2 Å². The monoisotopic (exact) mass is 435 g/mol. The minimum absolute atomic E-state index is 0.129. The first-order chi connectivity index (χ1) is 13.6. The number of aromatic nitrogens is 1. The van der Waals surface area contributed by atoms with Gasteiger partial charge in [-0.1, -0.05) is 23.7 Å². The molecule has 6 nitrogen and oxygen atoms in total. The lowest BCUT2D eigenvalue weighted by Crippen LogP contribution is -2.36. The number of benzene rings is 1. The molecular weight excluding hydrogens is 410 g/mol. The van der Waals surface area contributed by atoms with Crippen molar-refractivity contribution in [3.8, 4) is 10.6 Å². The highest BCUT2D eigenvalue weighted by Gasteiger charge is 2.30. The van der Waals surface area contributed by atoms with Crippen LogP contribution < -0.4 is 5.32 Å². The Kier molecular flexibility index (Phi) is 6.49. The number of hydrogen-bond acceptors (Lipinski definition) is 5. The van der Waals surface area contributed by atoms with Crippen molar-refractivity contribution in [2.24, 2.45) is 5.92 Å². The summed E-state index contributed by atoms with van der Waals surface area (Å²) in [5.41, 5.74) is 1.14. The van der Waals surface area contributed by atoms with Crippen LogP contribution >= 0.6 is 22.9 Å². The van der Waals surface area contributed by atoms with E-state index in [1.807, 2.05) is 52.0 Å². The number of halogens is 1. The molecule has 1 N–H and O–H groups in total. The molecule has 1 aliphatic heterocycles. The van der Waals surface area contributed by atoms with Gasteiger partial charge in [0.2, 0.25) is 0 Å². The highest BCUT2D eigenvalue weighted by atomic mass is 35.5. The molecule has 0 aliphatic carbocycles. The minimum atomic E-state index is -0.505. The molecule has 0 saturated carbocycles. The number of carbonyl (C=O) groups is 2. The molecule has 0 spiro atoms. The molecule has 1 unspecified atom stereocenters. The van der Waals surface area contributed by atoms with Crippen LogP contribution in [0.1, 0.15) is 42.6 Å². The number of aryl methyl sites for hydroxylation is 1. The van der Waals surface area contributed by atoms with Crippen LogP contribution in [0.5, 0.6) is 0 Å². The molecular formula is C21H26ClN3O3S. The van der Waals surface area contributed by atoms with E-state index < -0.39 is 5.60 Å². The van der Waals surface area contributed by atoms with Gasteiger partial charge >= 0.3 is 6.09 Å². The van der Waals surface area contributed by atoms with Gasteiger partial charge in [-0.15, -0.1) is 11.3 Å². The van der Waals surface area contributed by atoms with Gasteiger partial charge in [0.15, 0.2) is 0 Å². The Bertz CT molecular complexity index is 890. The molecule has 0 bridgehead atoms. The largest absolute Gasteiger partial charge is 0.444 e. The van der Waals surface area contributed by atoms with Gasteiger partial charge in [0, 0.05) is 30.2 Å². The second kappa shape index (κ2) is 8.71. The van der Waals surface area contributed by atoms with E-state index in [4.69, 9.17) is 16.3 Å². The maximum atomic E-state index is 12.7. The number of rotatable bonds is 4. The summed E-state index contributed by atoms with van der Waals surface area (Å²) in [5, 5.41) is 4.45. The molecule has 1 fully saturated rings. The van der Waals surface area contributed by atoms with E-state index in [0.29, 0.717) is 35.2 Å². The summed E-state index contributed by atoms with van der Waals surface area (Å²) in [5.74, 6) is 0.0892. The molecule has 29 heavy (non-hydrogen) atoms. The van der Waals surface area contributed by atoms with Crippen LogP contribution in [0.3, 0.4) is 0 Å². The zero-order chi connectivity index (χ0) is 21.2. The number of nitrogens with one attached hydrogen (secondary N) is 1. The first-order valence-electron chi connectivity index (χ1n) is 9.62. The molecule has 1 saturated heterocycles. The standard InChI is InChI=1S/C21H26ClN3O3S/c1-13-17(29-19(24-13)15-5-7-16(22)8-6-15)18(26)23-11-14-9-10-25(12-14)20(27)28-21(2,3)4/h5-8,14H,9-12H2,1-4H3,(H,23,26). The zero-order valence-corrected chi connectivity index (χ0v) is 18.7. The third kappa shape index (κ3) is 5.70. The van der Waals surface area contributed by atoms with E-state index in [1.165, 1.54) is 11.3 Å². The Balaban J connectivity index is 1.55. The fraction of sp³-hybridized carbons (Fsp3) is 0.476. The fourth-order valence-corrected chi connectivity index (χ4v) is 4.25. The normalized spacial score (nSPS) is 16.7. The third-order valence-corrected chi connectivity index (χ3v) is 6.04. The average molecular weight is 436 g/mol. The molecule has 2 aromatic rings. The van der Waals surface area contributed by atoms with Crippen molar-refractivity contribution < 1.29 is 14.3 Å². The number of thiazole rings is 1. The van der Waals surface area contributed by atoms with Gasteiger partial charge in [-0.3, -0.25) is 4.79 Å². The van der Waals surface area contributed by atoms with Crippen LogP contribution in [0, 0.1) is 12.8 Å². The molecule has 2 amide bonds. The van der Waals surface area contributed by atoms with Crippen molar-refractivity contribution in [1.82, 2.24) is 15.2 Å². The zero-order valence-electron chi connectivity index (χ0n) is 17.1. The summed E-state index contributed by atoms with van der Waals surface area (Å²) >= 11 is 7.31. The van der Waals surface area contributed by atoms with Crippen molar-refractivity contribution >= 4 is 34.9 Å². The first kappa shape index (κ1) is 21.6. The molecule has 3 rings (SSSR count). The van der Waals surface area contributed by atoms with Crippen molar-refractivity contribution in [1.29, 1.82) is 0 Å². The van der Waals surface area contributed by atoms with Gasteiger partial charge in [0.1, 0.15) is 15.5 Å². The van der Waals surface area contributed by atoms with Crippen molar-refractivity contribution in [3.63, 3.8) is 0 Å². The molecule has 8 heteroatoms. The molecule has 1 aromatic heterocycles. The molecule has 156 valence electrons. The predicted molar refractivity (Wildman–Crippen MR) is 116 cm³/mol. The summed E-state index contributed by atoms with van der Waals surface area (Å²) in [6.45, 7) is 9.16. The van der Waals surface area contributed by atoms with Crippen LogP contribution in [-0.4, -0.2) is 47.1 Å². The average Bonchev–Trinajstić information content (AvgIpc) is 3.26. The predicted octanol–water partition coefficient (Wildman–Crippen LogP) is 4.76. The van der Waals surface area contributed by atoms with Crippen molar-refractivity contribution in [2.75, 3.05) is 19.6 Å². The Hall–Kier alpha value is -2.12. The van der Waals surface area contributed by atoms with Gasteiger partial charge in [-0.25, -0.2) is 9.78 Å². The quantitative estimate of drug-likeness (QED) is 0.751. The number of amides is 2. The maximum Gasteiger partial charge on any atom is 0.410 e. The summed E-state index contributed by atoms with van der Waals surface area (Å²) in [7, 11) is 0. The Morgan fingerprint density at radius 1 is 1.31 bits per heavy atom. The lowest BCUT2D eigenvalue weighted by atomic mass is 10.1. The number of carbonyl (C=O) groups excluding carboxylic acids is 2. The Morgan fingerprint density at radius 2 is 2.00 bits per heavy atom. The van der Waals surface area contributed by atoms with E-state index in [1.54, 1.807) is 4.90 Å². The van der Waals surface area contributed by atoms with E-state index in [2.05, 4.69) is 10.3 Å². The van der Waals surface area contributed by atoms with Gasteiger partial charge in [-0.2, -0.15) is 0 Å². The summed E-state index contributed by atoms with van der Waals surface area (Å²) in [6.07, 6.45) is 0.550. The molecule has 1 atom stereocenters. The van der Waals surface area contributed by atoms with E-state index >= 15 is 0 Å². The second-order valence-electron chi connectivity index (χ2n) is 8.23. The highest BCUT2D eigenvalue weighted by molar-refractivity contribution is 7.17. The van der Waals surface area contributed by atoms with Crippen LogP contribution in [0.15, 0.2) is 24.3 Å². The minimum Gasteiger partial charge on any atom is -0.444 e. The van der Waals surface area contributed by atoms with Crippen LogP contribution in [0.2, 0.25) is 5.02 Å². The van der Waals surface area contributed by atoms with E-state index in [0.717, 1.165) is 17.0 Å². The summed E-state index contributed by atoms with van der Waals surface area (Å²) in [6, 6.07) is 7.41. The topological polar surface area (TPSA) is 71.5 Å². The lowest BCUT2D eigenvalue weighted by Gasteiger charge is -2.24. The highest BCUT2D eigenvalue weighted by Crippen LogP contribution is 2.29. The van der Waals surface area contributed by atoms with Gasteiger partial charge < -0.3 is 15.0 Å². The number of hydrogen-bond donors (Lipinski definition) is 1.